The Morgan fingerprint density at radius 3 is 2.50 bits per heavy atom. The third kappa shape index (κ3) is 6.90. The zero-order valence-corrected chi connectivity index (χ0v) is 24.5. The monoisotopic (exact) mass is 595 g/mol. The second-order valence-corrected chi connectivity index (χ2v) is 11.9. The minimum Gasteiger partial charge on any atom is -0.444 e. The first-order chi connectivity index (χ1) is 19.9. The Morgan fingerprint density at radius 1 is 1.07 bits per heavy atom. The molecule has 1 aliphatic rings. The summed E-state index contributed by atoms with van der Waals surface area (Å²) in [5.41, 5.74) is 0.717. The van der Waals surface area contributed by atoms with Gasteiger partial charge in [-0.05, 0) is 70.0 Å². The number of ether oxygens (including phenoxy) is 1. The predicted molar refractivity (Wildman–Crippen MR) is 158 cm³/mol. The molecule has 0 unspecified atom stereocenters. The Balaban J connectivity index is 1.17. The van der Waals surface area contributed by atoms with Crippen LogP contribution in [0.15, 0.2) is 48.7 Å². The number of nitrogens with one attached hydrogen (secondary N) is 2. The zero-order chi connectivity index (χ0) is 30.0. The van der Waals surface area contributed by atoms with Crippen LogP contribution in [0.5, 0.6) is 0 Å². The fraction of sp³-hybridized carbons (Fsp3) is 0.345. The SMILES string of the molecule is CN(c1ccc2nc(Nc3ccc(C(=O)NC4CCN(C(=O)OC(C)(C)C)CC4)cn3)sc2n1)c1ccc(F)cc1F. The fourth-order valence-corrected chi connectivity index (χ4v) is 5.28. The van der Waals surface area contributed by atoms with Gasteiger partial charge in [-0.2, -0.15) is 0 Å². The number of halogens is 2. The van der Waals surface area contributed by atoms with Gasteiger partial charge in [0.25, 0.3) is 5.91 Å². The van der Waals surface area contributed by atoms with Crippen molar-refractivity contribution in [3.63, 3.8) is 0 Å². The highest BCUT2D eigenvalue weighted by Crippen LogP contribution is 2.31. The number of likely N-dealkylation sites (tertiary alicyclic amines) is 1. The lowest BCUT2D eigenvalue weighted by atomic mass is 10.0. The zero-order valence-electron chi connectivity index (χ0n) is 23.6. The van der Waals surface area contributed by atoms with Gasteiger partial charge in [0.15, 0.2) is 5.13 Å². The van der Waals surface area contributed by atoms with Gasteiger partial charge < -0.3 is 25.2 Å². The van der Waals surface area contributed by atoms with Gasteiger partial charge in [0, 0.05) is 38.4 Å². The van der Waals surface area contributed by atoms with Crippen molar-refractivity contribution in [2.75, 3.05) is 30.4 Å². The summed E-state index contributed by atoms with van der Waals surface area (Å²) in [7, 11) is 1.65. The number of hydrogen-bond donors (Lipinski definition) is 2. The van der Waals surface area contributed by atoms with Gasteiger partial charge in [-0.3, -0.25) is 4.79 Å². The summed E-state index contributed by atoms with van der Waals surface area (Å²) in [5.74, 6) is -0.582. The van der Waals surface area contributed by atoms with Gasteiger partial charge in [-0.1, -0.05) is 11.3 Å². The maximum absolute atomic E-state index is 14.2. The molecule has 10 nitrogen and oxygen atoms in total. The normalized spacial score (nSPS) is 14.1. The van der Waals surface area contributed by atoms with E-state index in [1.807, 2.05) is 20.8 Å². The molecule has 2 amide bonds. The van der Waals surface area contributed by atoms with Crippen LogP contribution in [0.4, 0.5) is 36.0 Å². The van der Waals surface area contributed by atoms with Crippen LogP contribution < -0.4 is 15.5 Å². The Bertz CT molecular complexity index is 1600. The highest BCUT2D eigenvalue weighted by atomic mass is 32.1. The molecule has 5 rings (SSSR count). The molecule has 0 atom stereocenters. The van der Waals surface area contributed by atoms with Crippen LogP contribution in [0.3, 0.4) is 0 Å². The van der Waals surface area contributed by atoms with Crippen molar-refractivity contribution in [2.45, 2.75) is 45.3 Å². The average Bonchev–Trinajstić information content (AvgIpc) is 3.34. The molecule has 4 aromatic rings. The van der Waals surface area contributed by atoms with E-state index < -0.39 is 17.2 Å². The Kier molecular flexibility index (Phi) is 8.21. The van der Waals surface area contributed by atoms with Crippen molar-refractivity contribution < 1.29 is 23.1 Å². The first-order valence-electron chi connectivity index (χ1n) is 13.4. The Morgan fingerprint density at radius 2 is 1.83 bits per heavy atom. The summed E-state index contributed by atoms with van der Waals surface area (Å²) >= 11 is 1.29. The van der Waals surface area contributed by atoms with E-state index in [0.717, 1.165) is 6.07 Å². The molecule has 42 heavy (non-hydrogen) atoms. The molecule has 1 fully saturated rings. The highest BCUT2D eigenvalue weighted by molar-refractivity contribution is 7.21. The number of aromatic nitrogens is 3. The van der Waals surface area contributed by atoms with Crippen LogP contribution in [0, 0.1) is 11.6 Å². The fourth-order valence-electron chi connectivity index (χ4n) is 4.44. The van der Waals surface area contributed by atoms with Crippen LogP contribution in [0.25, 0.3) is 10.3 Å². The van der Waals surface area contributed by atoms with Gasteiger partial charge >= 0.3 is 6.09 Å². The van der Waals surface area contributed by atoms with Crippen molar-refractivity contribution in [1.29, 1.82) is 0 Å². The Hall–Kier alpha value is -4.39. The summed E-state index contributed by atoms with van der Waals surface area (Å²) in [4.78, 5) is 42.3. The number of amides is 2. The lowest BCUT2D eigenvalue weighted by Gasteiger charge is -2.33. The molecule has 1 aromatic carbocycles. The summed E-state index contributed by atoms with van der Waals surface area (Å²) in [6.45, 7) is 6.53. The molecular formula is C29H31F2N7O3S. The quantitative estimate of drug-likeness (QED) is 0.279. The van der Waals surface area contributed by atoms with E-state index in [0.29, 0.717) is 58.6 Å². The van der Waals surface area contributed by atoms with E-state index >= 15 is 0 Å². The lowest BCUT2D eigenvalue weighted by molar-refractivity contribution is 0.0199. The van der Waals surface area contributed by atoms with Crippen LogP contribution in [0.1, 0.15) is 44.0 Å². The van der Waals surface area contributed by atoms with E-state index in [1.54, 1.807) is 36.2 Å². The molecule has 4 heterocycles. The van der Waals surface area contributed by atoms with Crippen molar-refractivity contribution >= 4 is 56.1 Å². The van der Waals surface area contributed by atoms with Crippen LogP contribution in [-0.2, 0) is 4.74 Å². The summed E-state index contributed by atoms with van der Waals surface area (Å²) in [6.07, 6.45) is 2.43. The predicted octanol–water partition coefficient (Wildman–Crippen LogP) is 6.01. The summed E-state index contributed by atoms with van der Waals surface area (Å²) < 4.78 is 33.0. The molecule has 3 aromatic heterocycles. The summed E-state index contributed by atoms with van der Waals surface area (Å²) in [5, 5.41) is 6.70. The maximum atomic E-state index is 14.2. The molecule has 0 aliphatic carbocycles. The number of carbonyl (C=O) groups excluding carboxylic acids is 2. The molecule has 220 valence electrons. The lowest BCUT2D eigenvalue weighted by Crippen LogP contribution is -2.47. The molecular weight excluding hydrogens is 564 g/mol. The number of fused-ring (bicyclic) bond motifs is 1. The molecule has 1 saturated heterocycles. The number of pyridine rings is 2. The van der Waals surface area contributed by atoms with Crippen molar-refractivity contribution in [1.82, 2.24) is 25.2 Å². The second-order valence-electron chi connectivity index (χ2n) is 10.9. The van der Waals surface area contributed by atoms with E-state index in [4.69, 9.17) is 4.74 Å². The molecule has 0 radical (unpaired) electrons. The standard InChI is InChI=1S/C29H31F2N7O3S/c1-29(2,3)41-28(40)38-13-11-19(12-14-38)33-25(39)17-5-9-23(32-16-17)35-27-34-21-7-10-24(36-26(21)42-27)37(4)22-8-6-18(30)15-20(22)31/h5-10,15-16,19H,11-14H2,1-4H3,(H,33,39)(H,32,34,35). The molecule has 0 bridgehead atoms. The third-order valence-electron chi connectivity index (χ3n) is 6.60. The van der Waals surface area contributed by atoms with Crippen LogP contribution >= 0.6 is 11.3 Å². The minimum absolute atomic E-state index is 0.0484. The number of thiazole rings is 1. The van der Waals surface area contributed by atoms with Gasteiger partial charge in [0.05, 0.1) is 11.3 Å². The number of piperidine rings is 1. The first-order valence-corrected chi connectivity index (χ1v) is 14.2. The molecule has 1 aliphatic heterocycles. The van der Waals surface area contributed by atoms with Crippen molar-refractivity contribution in [2.24, 2.45) is 0 Å². The number of rotatable bonds is 6. The molecule has 0 spiro atoms. The van der Waals surface area contributed by atoms with E-state index in [9.17, 15) is 18.4 Å². The van der Waals surface area contributed by atoms with E-state index in [-0.39, 0.29) is 23.7 Å². The van der Waals surface area contributed by atoms with Gasteiger partial charge in [-0.15, -0.1) is 0 Å². The van der Waals surface area contributed by atoms with Crippen LogP contribution in [-0.4, -0.2) is 63.6 Å². The smallest absolute Gasteiger partial charge is 0.410 e. The van der Waals surface area contributed by atoms with Gasteiger partial charge in [0.1, 0.15) is 39.2 Å². The molecule has 2 N–H and O–H groups in total. The molecule has 0 saturated carbocycles. The minimum atomic E-state index is -0.683. The third-order valence-corrected chi connectivity index (χ3v) is 7.48. The van der Waals surface area contributed by atoms with E-state index in [2.05, 4.69) is 25.6 Å². The number of nitrogens with zero attached hydrogens (tertiary/aromatic N) is 5. The number of benzene rings is 1. The number of carbonyl (C=O) groups is 2. The largest absolute Gasteiger partial charge is 0.444 e. The number of anilines is 4. The number of hydrogen-bond acceptors (Lipinski definition) is 9. The van der Waals surface area contributed by atoms with Gasteiger partial charge in [0.2, 0.25) is 0 Å². The van der Waals surface area contributed by atoms with Crippen LogP contribution in [0.2, 0.25) is 0 Å². The topological polar surface area (TPSA) is 113 Å². The molecule has 13 heteroatoms. The maximum Gasteiger partial charge on any atom is 0.410 e. The van der Waals surface area contributed by atoms with E-state index in [1.165, 1.54) is 34.6 Å². The first kappa shape index (κ1) is 29.1. The van der Waals surface area contributed by atoms with Crippen molar-refractivity contribution in [3.8, 4) is 0 Å². The Labute approximate surface area is 245 Å². The summed E-state index contributed by atoms with van der Waals surface area (Å²) in [6, 6.07) is 10.2. The van der Waals surface area contributed by atoms with Gasteiger partial charge in [-0.25, -0.2) is 28.5 Å². The highest BCUT2D eigenvalue weighted by Gasteiger charge is 2.27. The second kappa shape index (κ2) is 11.8. The van der Waals surface area contributed by atoms with Crippen molar-refractivity contribution in [3.05, 3.63) is 65.9 Å². The average molecular weight is 596 g/mol.